The summed E-state index contributed by atoms with van der Waals surface area (Å²) in [5.74, 6) is 0.904. The fourth-order valence-electron chi connectivity index (χ4n) is 9.89. The SMILES string of the molecule is [2H]c1c(-c2ccc(-c3ccccc3C(C)(C)C)cc2)ccnc1-c1cc(-c2cccc3c2nc(-c2cc(C(C)(C)C)cc(C(C)(C)C)c2O)n3-c2ccc(C(C)(C)C)cc2-c2ccccc2)cc(C(C)(C)C)c1. The lowest BCUT2D eigenvalue weighted by molar-refractivity contribution is 0.446. The van der Waals surface area contributed by atoms with Gasteiger partial charge in [-0.2, -0.15) is 0 Å². The van der Waals surface area contributed by atoms with Crippen molar-refractivity contribution in [2.75, 3.05) is 0 Å². The summed E-state index contributed by atoms with van der Waals surface area (Å²) in [5.41, 5.74) is 18.0. The van der Waals surface area contributed by atoms with Crippen LogP contribution in [0.1, 0.15) is 133 Å². The van der Waals surface area contributed by atoms with Gasteiger partial charge < -0.3 is 5.11 Å². The highest BCUT2D eigenvalue weighted by Crippen LogP contribution is 2.46. The average Bonchev–Trinajstić information content (AvgIpc) is 3.72. The molecule has 4 heteroatoms. The van der Waals surface area contributed by atoms with Gasteiger partial charge in [0.05, 0.1) is 29.3 Å². The first kappa shape index (κ1) is 48.6. The molecule has 366 valence electrons. The minimum Gasteiger partial charge on any atom is -0.507 e. The van der Waals surface area contributed by atoms with Crippen molar-refractivity contribution >= 4 is 11.0 Å². The highest BCUT2D eigenvalue weighted by atomic mass is 16.3. The summed E-state index contributed by atoms with van der Waals surface area (Å²) in [5, 5.41) is 12.6. The number of imidazole rings is 1. The number of rotatable bonds is 7. The van der Waals surface area contributed by atoms with Crippen LogP contribution in [0, 0.1) is 0 Å². The summed E-state index contributed by atoms with van der Waals surface area (Å²) in [7, 11) is 0. The van der Waals surface area contributed by atoms with E-state index in [0.717, 1.165) is 77.9 Å². The molecule has 4 nitrogen and oxygen atoms in total. The van der Waals surface area contributed by atoms with E-state index in [0.29, 0.717) is 23.1 Å². The first-order valence-electron chi connectivity index (χ1n) is 26.1. The Bertz CT molecular complexity index is 3530. The average molecular weight is 949 g/mol. The van der Waals surface area contributed by atoms with Crippen LogP contribution >= 0.6 is 0 Å². The third-order valence-corrected chi connectivity index (χ3v) is 14.2. The van der Waals surface area contributed by atoms with Gasteiger partial charge in [-0.15, -0.1) is 0 Å². The van der Waals surface area contributed by atoms with Crippen LogP contribution in [-0.4, -0.2) is 19.6 Å². The molecule has 0 bridgehead atoms. The molecule has 0 aliphatic rings. The van der Waals surface area contributed by atoms with Crippen LogP contribution in [0.15, 0.2) is 164 Å². The maximum atomic E-state index is 12.6. The lowest BCUT2D eigenvalue weighted by Crippen LogP contribution is -2.17. The molecule has 2 heterocycles. The molecule has 9 aromatic rings. The number of fused-ring (bicyclic) bond motifs is 1. The molecule has 9 rings (SSSR count). The summed E-state index contributed by atoms with van der Waals surface area (Å²) in [6.45, 7) is 33.4. The summed E-state index contributed by atoms with van der Waals surface area (Å²) in [6, 6.07) is 54.5. The molecule has 0 atom stereocenters. The van der Waals surface area contributed by atoms with Crippen LogP contribution in [0.4, 0.5) is 0 Å². The molecule has 72 heavy (non-hydrogen) atoms. The van der Waals surface area contributed by atoms with Gasteiger partial charge in [0.2, 0.25) is 0 Å². The van der Waals surface area contributed by atoms with E-state index in [1.54, 1.807) is 0 Å². The van der Waals surface area contributed by atoms with Gasteiger partial charge in [-0.25, -0.2) is 4.98 Å². The Morgan fingerprint density at radius 2 is 0.986 bits per heavy atom. The van der Waals surface area contributed by atoms with E-state index in [1.165, 1.54) is 16.7 Å². The molecule has 0 aliphatic heterocycles. The molecule has 0 aliphatic carbocycles. The van der Waals surface area contributed by atoms with Crippen molar-refractivity contribution < 1.29 is 6.48 Å². The number of phenols is 1. The van der Waals surface area contributed by atoms with Gasteiger partial charge in [0, 0.05) is 28.5 Å². The predicted octanol–water partition coefficient (Wildman–Crippen LogP) is 18.6. The molecule has 1 N–H and O–H groups in total. The maximum absolute atomic E-state index is 12.6. The van der Waals surface area contributed by atoms with Crippen LogP contribution in [0.3, 0.4) is 0 Å². The van der Waals surface area contributed by atoms with Crippen molar-refractivity contribution in [2.45, 2.75) is 131 Å². The van der Waals surface area contributed by atoms with E-state index in [9.17, 15) is 6.48 Å². The van der Waals surface area contributed by atoms with Gasteiger partial charge in [-0.1, -0.05) is 213 Å². The first-order valence-corrected chi connectivity index (χ1v) is 25.6. The highest BCUT2D eigenvalue weighted by molar-refractivity contribution is 5.98. The van der Waals surface area contributed by atoms with Crippen LogP contribution in [0.5, 0.6) is 5.75 Å². The third kappa shape index (κ3) is 9.81. The fourth-order valence-corrected chi connectivity index (χ4v) is 9.89. The number of phenolic OH excluding ortho intramolecular Hbond substituents is 1. The lowest BCUT2D eigenvalue weighted by Gasteiger charge is -2.28. The lowest BCUT2D eigenvalue weighted by atomic mass is 9.79. The summed E-state index contributed by atoms with van der Waals surface area (Å²) >= 11 is 0. The number of para-hydroxylation sites is 1. The summed E-state index contributed by atoms with van der Waals surface area (Å²) in [6.07, 6.45) is 1.84. The Balaban J connectivity index is 1.29. The van der Waals surface area contributed by atoms with Crippen molar-refractivity contribution in [3.8, 4) is 78.6 Å². The van der Waals surface area contributed by atoms with Gasteiger partial charge in [-0.05, 0) is 131 Å². The van der Waals surface area contributed by atoms with Gasteiger partial charge in [0.25, 0.3) is 0 Å². The highest BCUT2D eigenvalue weighted by Gasteiger charge is 2.30. The molecule has 2 aromatic heterocycles. The summed E-state index contributed by atoms with van der Waals surface area (Å²) < 4.78 is 12.1. The second-order valence-electron chi connectivity index (χ2n) is 25.0. The Morgan fingerprint density at radius 3 is 1.64 bits per heavy atom. The Morgan fingerprint density at radius 1 is 0.417 bits per heavy atom. The van der Waals surface area contributed by atoms with Crippen LogP contribution < -0.4 is 0 Å². The number of pyridine rings is 1. The smallest absolute Gasteiger partial charge is 0.149 e. The Kier molecular flexibility index (Phi) is 12.3. The molecular formula is C68H73N3O. The number of nitrogens with zero attached hydrogens (tertiary/aromatic N) is 3. The zero-order valence-electron chi connectivity index (χ0n) is 46.3. The fraction of sp³-hybridized carbons (Fsp3) is 0.294. The van der Waals surface area contributed by atoms with E-state index in [2.05, 4.69) is 254 Å². The molecule has 0 fully saturated rings. The van der Waals surface area contributed by atoms with E-state index < -0.39 is 0 Å². The minimum absolute atomic E-state index is 0.000655. The van der Waals surface area contributed by atoms with Crippen LogP contribution in [-0.2, 0) is 27.1 Å². The molecule has 0 radical (unpaired) electrons. The summed E-state index contributed by atoms with van der Waals surface area (Å²) in [4.78, 5) is 10.7. The van der Waals surface area contributed by atoms with E-state index in [1.807, 2.05) is 12.3 Å². The van der Waals surface area contributed by atoms with Crippen molar-refractivity contribution in [3.05, 3.63) is 192 Å². The molecule has 0 unspecified atom stereocenters. The van der Waals surface area contributed by atoms with Gasteiger partial charge in [0.15, 0.2) is 0 Å². The third-order valence-electron chi connectivity index (χ3n) is 14.2. The van der Waals surface area contributed by atoms with Crippen LogP contribution in [0.2, 0.25) is 0 Å². The van der Waals surface area contributed by atoms with Gasteiger partial charge in [-0.3, -0.25) is 9.55 Å². The minimum atomic E-state index is -0.348. The number of hydrogen-bond acceptors (Lipinski definition) is 3. The topological polar surface area (TPSA) is 50.9 Å². The van der Waals surface area contributed by atoms with Crippen molar-refractivity contribution in [1.29, 1.82) is 0 Å². The number of benzene rings is 7. The van der Waals surface area contributed by atoms with E-state index in [4.69, 9.17) is 9.97 Å². The molecule has 0 saturated carbocycles. The first-order chi connectivity index (χ1) is 34.2. The molecule has 7 aromatic carbocycles. The molecule has 0 amide bonds. The molecular weight excluding hydrogens is 875 g/mol. The number of aromatic nitrogens is 3. The number of aromatic hydroxyl groups is 1. The maximum Gasteiger partial charge on any atom is 0.149 e. The standard InChI is InChI=1S/C68H73N3O/c1-64(2,3)49-32-33-59(54(40-49)44-22-17-16-18-23-44)71-60-27-21-25-53(61(60)70-63(71)55-41-51(66(7,8)9)42-57(62(55)72)68(13,14)15)47-36-48(38-50(37-47)65(4,5)6)58-39-46(34-35-69-58)43-28-30-45(31-29-43)52-24-19-20-26-56(52)67(10,11)12/h16-42,72H,1-15H3/i39D. The molecule has 0 saturated heterocycles. The van der Waals surface area contributed by atoms with Crippen molar-refractivity contribution in [2.24, 2.45) is 0 Å². The normalized spacial score (nSPS) is 12.9. The van der Waals surface area contributed by atoms with Crippen molar-refractivity contribution in [3.63, 3.8) is 0 Å². The zero-order chi connectivity index (χ0) is 52.6. The van der Waals surface area contributed by atoms with Crippen LogP contribution in [0.25, 0.3) is 83.9 Å². The Labute approximate surface area is 431 Å². The monoisotopic (exact) mass is 949 g/mol. The largest absolute Gasteiger partial charge is 0.507 e. The predicted molar refractivity (Wildman–Crippen MR) is 307 cm³/mol. The van der Waals surface area contributed by atoms with Crippen molar-refractivity contribution in [1.82, 2.24) is 14.5 Å². The van der Waals surface area contributed by atoms with Gasteiger partial charge >= 0.3 is 0 Å². The second kappa shape index (κ2) is 18.2. The number of hydrogen-bond donors (Lipinski definition) is 1. The second-order valence-corrected chi connectivity index (χ2v) is 25.0. The zero-order valence-corrected chi connectivity index (χ0v) is 45.3. The van der Waals surface area contributed by atoms with E-state index >= 15 is 0 Å². The van der Waals surface area contributed by atoms with E-state index in [-0.39, 0.29) is 32.8 Å². The van der Waals surface area contributed by atoms with Gasteiger partial charge in [0.1, 0.15) is 11.6 Å². The quantitative estimate of drug-likeness (QED) is 0.173. The Hall–Kier alpha value is -7.04. The molecule has 0 spiro atoms.